The van der Waals surface area contributed by atoms with Gasteiger partial charge in [-0.05, 0) is 35.6 Å². The number of nitrogens with zero attached hydrogens (tertiary/aromatic N) is 1. The van der Waals surface area contributed by atoms with E-state index in [-0.39, 0.29) is 10.5 Å². The second kappa shape index (κ2) is 6.61. The SMILES string of the molecule is CCc1cccc2c(C(=O)O)cn(S(=O)(=O)c3ccc(C(C)C)cc3)c12. The highest BCUT2D eigenvalue weighted by Crippen LogP contribution is 2.29. The van der Waals surface area contributed by atoms with Crippen LogP contribution in [-0.4, -0.2) is 23.5 Å². The molecular formula is C20H21NO4S. The fourth-order valence-corrected chi connectivity index (χ4v) is 4.51. The van der Waals surface area contributed by atoms with Crippen molar-refractivity contribution < 1.29 is 18.3 Å². The molecule has 0 atom stereocenters. The highest BCUT2D eigenvalue weighted by Gasteiger charge is 2.25. The van der Waals surface area contributed by atoms with Gasteiger partial charge < -0.3 is 5.11 Å². The van der Waals surface area contributed by atoms with Crippen molar-refractivity contribution in [1.82, 2.24) is 3.97 Å². The van der Waals surface area contributed by atoms with Crippen LogP contribution < -0.4 is 0 Å². The first kappa shape index (κ1) is 18.2. The monoisotopic (exact) mass is 371 g/mol. The van der Waals surface area contributed by atoms with Crippen LogP contribution in [0.3, 0.4) is 0 Å². The van der Waals surface area contributed by atoms with E-state index >= 15 is 0 Å². The molecule has 1 heterocycles. The Bertz CT molecular complexity index is 1080. The van der Waals surface area contributed by atoms with E-state index in [0.717, 1.165) is 15.1 Å². The van der Waals surface area contributed by atoms with E-state index < -0.39 is 16.0 Å². The lowest BCUT2D eigenvalue weighted by molar-refractivity contribution is 0.0699. The lowest BCUT2D eigenvalue weighted by Crippen LogP contribution is -2.13. The minimum Gasteiger partial charge on any atom is -0.478 e. The van der Waals surface area contributed by atoms with E-state index in [4.69, 9.17) is 0 Å². The van der Waals surface area contributed by atoms with Crippen LogP contribution in [0.4, 0.5) is 0 Å². The van der Waals surface area contributed by atoms with E-state index in [1.54, 1.807) is 36.4 Å². The molecule has 0 saturated heterocycles. The van der Waals surface area contributed by atoms with Gasteiger partial charge in [0.25, 0.3) is 10.0 Å². The summed E-state index contributed by atoms with van der Waals surface area (Å²) < 4.78 is 27.5. The largest absolute Gasteiger partial charge is 0.478 e. The second-order valence-corrected chi connectivity index (χ2v) is 8.35. The zero-order valence-corrected chi connectivity index (χ0v) is 15.7. The molecule has 1 aromatic heterocycles. The number of fused-ring (bicyclic) bond motifs is 1. The summed E-state index contributed by atoms with van der Waals surface area (Å²) in [6.07, 6.45) is 1.81. The molecule has 136 valence electrons. The van der Waals surface area contributed by atoms with Crippen LogP contribution in [-0.2, 0) is 16.4 Å². The van der Waals surface area contributed by atoms with Crippen LogP contribution in [0.5, 0.6) is 0 Å². The first-order valence-electron chi connectivity index (χ1n) is 8.49. The number of carboxylic acids is 1. The molecule has 1 N–H and O–H groups in total. The normalized spacial score (nSPS) is 12.0. The van der Waals surface area contributed by atoms with E-state index in [9.17, 15) is 18.3 Å². The zero-order chi connectivity index (χ0) is 19.1. The molecule has 0 aliphatic carbocycles. The Morgan fingerprint density at radius 3 is 2.31 bits per heavy atom. The molecule has 0 saturated carbocycles. The molecule has 5 nitrogen and oxygen atoms in total. The molecule has 0 unspecified atom stereocenters. The van der Waals surface area contributed by atoms with Gasteiger partial charge in [-0.2, -0.15) is 0 Å². The minimum atomic E-state index is -3.90. The van der Waals surface area contributed by atoms with Gasteiger partial charge >= 0.3 is 5.97 Å². The number of rotatable bonds is 5. The third-order valence-corrected chi connectivity index (χ3v) is 6.27. The van der Waals surface area contributed by atoms with Crippen molar-refractivity contribution in [3.63, 3.8) is 0 Å². The second-order valence-electron chi connectivity index (χ2n) is 6.54. The van der Waals surface area contributed by atoms with Crippen LogP contribution in [0.2, 0.25) is 0 Å². The summed E-state index contributed by atoms with van der Waals surface area (Å²) in [6, 6.07) is 12.0. The van der Waals surface area contributed by atoms with Gasteiger partial charge in [-0.1, -0.05) is 51.1 Å². The van der Waals surface area contributed by atoms with Crippen LogP contribution in [0.1, 0.15) is 48.2 Å². The van der Waals surface area contributed by atoms with Crippen molar-refractivity contribution in [3.8, 4) is 0 Å². The van der Waals surface area contributed by atoms with Crippen molar-refractivity contribution in [2.45, 2.75) is 38.0 Å². The summed E-state index contributed by atoms with van der Waals surface area (Å²) in [4.78, 5) is 11.7. The van der Waals surface area contributed by atoms with E-state index in [2.05, 4.69) is 0 Å². The quantitative estimate of drug-likeness (QED) is 0.727. The molecule has 0 fully saturated rings. The van der Waals surface area contributed by atoms with Crippen LogP contribution >= 0.6 is 0 Å². The van der Waals surface area contributed by atoms with Gasteiger partial charge in [-0.25, -0.2) is 17.2 Å². The van der Waals surface area contributed by atoms with Crippen molar-refractivity contribution in [3.05, 3.63) is 65.4 Å². The Morgan fingerprint density at radius 2 is 1.77 bits per heavy atom. The Kier molecular flexibility index (Phi) is 4.63. The molecule has 2 aromatic carbocycles. The van der Waals surface area contributed by atoms with E-state index in [1.807, 2.05) is 26.8 Å². The molecule has 0 spiro atoms. The van der Waals surface area contributed by atoms with Gasteiger partial charge in [-0.3, -0.25) is 0 Å². The number of hydrogen-bond donors (Lipinski definition) is 1. The number of aromatic carboxylic acids is 1. The summed E-state index contributed by atoms with van der Waals surface area (Å²) in [5, 5.41) is 9.92. The van der Waals surface area contributed by atoms with Gasteiger partial charge in [0.2, 0.25) is 0 Å². The number of benzene rings is 2. The molecule has 3 rings (SSSR count). The van der Waals surface area contributed by atoms with Crippen LogP contribution in [0.25, 0.3) is 10.9 Å². The third-order valence-electron chi connectivity index (χ3n) is 4.59. The predicted octanol–water partition coefficient (Wildman–Crippen LogP) is 4.26. The number of para-hydroxylation sites is 1. The first-order chi connectivity index (χ1) is 12.3. The lowest BCUT2D eigenvalue weighted by Gasteiger charge is -2.11. The average Bonchev–Trinajstić information content (AvgIpc) is 3.02. The van der Waals surface area contributed by atoms with Crippen LogP contribution in [0, 0.1) is 0 Å². The smallest absolute Gasteiger partial charge is 0.337 e. The summed E-state index contributed by atoms with van der Waals surface area (Å²) in [5.41, 5.74) is 2.25. The standard InChI is InChI=1S/C20H21NO4S/c1-4-14-6-5-7-17-18(20(22)23)12-21(19(14)17)26(24,25)16-10-8-15(9-11-16)13(2)3/h5-13H,4H2,1-3H3,(H,22,23). The molecule has 6 heteroatoms. The Balaban J connectivity index is 2.28. The van der Waals surface area contributed by atoms with Gasteiger partial charge in [0.15, 0.2) is 0 Å². The van der Waals surface area contributed by atoms with Gasteiger partial charge in [0, 0.05) is 11.6 Å². The van der Waals surface area contributed by atoms with Crippen molar-refractivity contribution >= 4 is 26.9 Å². The maximum Gasteiger partial charge on any atom is 0.337 e. The van der Waals surface area contributed by atoms with Crippen LogP contribution in [0.15, 0.2) is 53.6 Å². The Labute approximate surface area is 152 Å². The Hall–Kier alpha value is -2.60. The lowest BCUT2D eigenvalue weighted by atomic mass is 10.0. The van der Waals surface area contributed by atoms with E-state index in [1.165, 1.54) is 6.20 Å². The molecule has 26 heavy (non-hydrogen) atoms. The van der Waals surface area contributed by atoms with Gasteiger partial charge in [0.1, 0.15) is 0 Å². The van der Waals surface area contributed by atoms with Crippen molar-refractivity contribution in [2.24, 2.45) is 0 Å². The summed E-state index contributed by atoms with van der Waals surface area (Å²) in [7, 11) is -3.90. The molecule has 0 radical (unpaired) electrons. The summed E-state index contributed by atoms with van der Waals surface area (Å²) in [5.74, 6) is -0.850. The summed E-state index contributed by atoms with van der Waals surface area (Å²) >= 11 is 0. The minimum absolute atomic E-state index is 0.0160. The molecule has 0 bridgehead atoms. The maximum atomic E-state index is 13.2. The molecule has 3 aromatic rings. The highest BCUT2D eigenvalue weighted by atomic mass is 32.2. The predicted molar refractivity (Wildman–Crippen MR) is 101 cm³/mol. The highest BCUT2D eigenvalue weighted by molar-refractivity contribution is 7.90. The molecule has 0 aliphatic heterocycles. The number of hydrogen-bond acceptors (Lipinski definition) is 3. The van der Waals surface area contributed by atoms with Gasteiger partial charge in [-0.15, -0.1) is 0 Å². The maximum absolute atomic E-state index is 13.2. The topological polar surface area (TPSA) is 76.4 Å². The molecular weight excluding hydrogens is 350 g/mol. The Morgan fingerprint density at radius 1 is 1.12 bits per heavy atom. The fraction of sp³-hybridized carbons (Fsp3) is 0.250. The van der Waals surface area contributed by atoms with Crippen molar-refractivity contribution in [2.75, 3.05) is 0 Å². The van der Waals surface area contributed by atoms with E-state index in [0.29, 0.717) is 23.2 Å². The zero-order valence-electron chi connectivity index (χ0n) is 14.9. The molecule has 0 aliphatic rings. The first-order valence-corrected chi connectivity index (χ1v) is 9.93. The number of carbonyl (C=O) groups is 1. The van der Waals surface area contributed by atoms with Gasteiger partial charge in [0.05, 0.1) is 16.0 Å². The number of aromatic nitrogens is 1. The fourth-order valence-electron chi connectivity index (χ4n) is 3.10. The number of carboxylic acid groups (broad SMARTS) is 1. The summed E-state index contributed by atoms with van der Waals surface area (Å²) in [6.45, 7) is 5.99. The molecule has 0 amide bonds. The van der Waals surface area contributed by atoms with Crippen molar-refractivity contribution in [1.29, 1.82) is 0 Å². The number of aryl methyl sites for hydroxylation is 1. The third kappa shape index (κ3) is 2.90. The average molecular weight is 371 g/mol.